The fraction of sp³-hybridized carbons (Fsp3) is 0.560. The normalized spacial score (nSPS) is 34.8. The van der Waals surface area contributed by atoms with Crippen molar-refractivity contribution in [3.8, 4) is 0 Å². The largest absolute Gasteiger partial charge is 0.372 e. The van der Waals surface area contributed by atoms with E-state index in [-0.39, 0.29) is 17.2 Å². The number of nitrogens with one attached hydrogen (secondary N) is 1. The van der Waals surface area contributed by atoms with Crippen LogP contribution in [-0.4, -0.2) is 34.2 Å². The lowest BCUT2D eigenvalue weighted by atomic mass is 9.49. The molecule has 4 aliphatic carbocycles. The molecule has 4 bridgehead atoms. The van der Waals surface area contributed by atoms with Crippen LogP contribution in [0.3, 0.4) is 0 Å². The average Bonchev–Trinajstić information content (AvgIpc) is 3.38. The van der Waals surface area contributed by atoms with E-state index in [0.717, 1.165) is 37.9 Å². The van der Waals surface area contributed by atoms with Gasteiger partial charge in [-0.25, -0.2) is 0 Å². The number of carbonyl (C=O) groups is 2. The Balaban J connectivity index is 1.15. The molecule has 0 unspecified atom stereocenters. The second kappa shape index (κ2) is 7.87. The molecule has 7 rings (SSSR count). The van der Waals surface area contributed by atoms with Crippen molar-refractivity contribution in [3.63, 3.8) is 0 Å². The average molecular weight is 468 g/mol. The van der Waals surface area contributed by atoms with Crippen LogP contribution in [-0.2, 0) is 9.59 Å². The van der Waals surface area contributed by atoms with Crippen molar-refractivity contribution in [1.29, 1.82) is 0 Å². The van der Waals surface area contributed by atoms with Crippen LogP contribution in [0.25, 0.3) is 6.08 Å². The summed E-state index contributed by atoms with van der Waals surface area (Å²) >= 11 is 6.74. The van der Waals surface area contributed by atoms with Crippen LogP contribution in [0.4, 0.5) is 5.69 Å². The SMILES string of the molecule is O=C1/C(=C\c2ccc(N3CCCC3)cc2)SC(=S)N1NC(=O)C12CC3CC(CC(C3)C1)C2. The molecule has 1 aromatic carbocycles. The molecule has 168 valence electrons. The van der Waals surface area contributed by atoms with Crippen molar-refractivity contribution < 1.29 is 9.59 Å². The summed E-state index contributed by atoms with van der Waals surface area (Å²) < 4.78 is 0.410. The van der Waals surface area contributed by atoms with Gasteiger partial charge in [0, 0.05) is 18.8 Å². The summed E-state index contributed by atoms with van der Waals surface area (Å²) in [5, 5.41) is 1.31. The molecule has 7 heteroatoms. The Morgan fingerprint density at radius 1 is 1.03 bits per heavy atom. The van der Waals surface area contributed by atoms with Gasteiger partial charge >= 0.3 is 0 Å². The van der Waals surface area contributed by atoms with Gasteiger partial charge in [-0.05, 0) is 105 Å². The van der Waals surface area contributed by atoms with Crippen LogP contribution in [0.1, 0.15) is 56.9 Å². The molecule has 4 saturated carbocycles. The molecule has 5 nitrogen and oxygen atoms in total. The molecule has 2 heterocycles. The third-order valence-corrected chi connectivity index (χ3v) is 9.49. The van der Waals surface area contributed by atoms with Crippen LogP contribution in [0.2, 0.25) is 0 Å². The molecule has 2 aliphatic heterocycles. The molecule has 2 saturated heterocycles. The molecule has 6 aliphatic rings. The van der Waals surface area contributed by atoms with Crippen molar-refractivity contribution in [2.24, 2.45) is 23.2 Å². The molecule has 0 atom stereocenters. The number of hydrogen-bond donors (Lipinski definition) is 1. The van der Waals surface area contributed by atoms with Crippen molar-refractivity contribution in [3.05, 3.63) is 34.7 Å². The highest BCUT2D eigenvalue weighted by Gasteiger charge is 2.55. The minimum Gasteiger partial charge on any atom is -0.372 e. The van der Waals surface area contributed by atoms with E-state index in [2.05, 4.69) is 22.5 Å². The molecule has 2 amide bonds. The van der Waals surface area contributed by atoms with Crippen molar-refractivity contribution in [2.75, 3.05) is 18.0 Å². The summed E-state index contributed by atoms with van der Waals surface area (Å²) in [6.07, 6.45) is 11.1. The predicted molar refractivity (Wildman–Crippen MR) is 132 cm³/mol. The maximum Gasteiger partial charge on any atom is 0.285 e. The quantitative estimate of drug-likeness (QED) is 0.512. The van der Waals surface area contributed by atoms with Gasteiger partial charge in [-0.3, -0.25) is 15.0 Å². The monoisotopic (exact) mass is 467 g/mol. The second-order valence-corrected chi connectivity index (χ2v) is 12.1. The van der Waals surface area contributed by atoms with Gasteiger partial charge < -0.3 is 4.90 Å². The second-order valence-electron chi connectivity index (χ2n) is 10.4. The predicted octanol–water partition coefficient (Wildman–Crippen LogP) is 4.74. The highest BCUT2D eigenvalue weighted by Crippen LogP contribution is 2.60. The first kappa shape index (κ1) is 20.7. The number of carbonyl (C=O) groups excluding carboxylic acids is 2. The summed E-state index contributed by atoms with van der Waals surface area (Å²) in [7, 11) is 0. The highest BCUT2D eigenvalue weighted by atomic mass is 32.2. The Kier molecular flexibility index (Phi) is 5.10. The number of benzene rings is 1. The summed E-state index contributed by atoms with van der Waals surface area (Å²) in [6, 6.07) is 8.34. The van der Waals surface area contributed by atoms with Crippen molar-refractivity contribution in [1.82, 2.24) is 10.4 Å². The zero-order valence-corrected chi connectivity index (χ0v) is 19.9. The van der Waals surface area contributed by atoms with Crippen LogP contribution >= 0.6 is 24.0 Å². The van der Waals surface area contributed by atoms with E-state index in [1.807, 2.05) is 18.2 Å². The minimum absolute atomic E-state index is 0.00381. The maximum absolute atomic E-state index is 13.4. The number of anilines is 1. The zero-order chi connectivity index (χ0) is 21.9. The highest BCUT2D eigenvalue weighted by molar-refractivity contribution is 8.26. The van der Waals surface area contributed by atoms with E-state index in [9.17, 15) is 9.59 Å². The van der Waals surface area contributed by atoms with Gasteiger partial charge in [0.25, 0.3) is 5.91 Å². The van der Waals surface area contributed by atoms with Gasteiger partial charge in [0.05, 0.1) is 10.3 Å². The summed E-state index contributed by atoms with van der Waals surface area (Å²) in [5.74, 6) is 1.83. The van der Waals surface area contributed by atoms with Crippen molar-refractivity contribution >= 4 is 51.9 Å². The minimum atomic E-state index is -0.298. The van der Waals surface area contributed by atoms with Gasteiger partial charge in [0.2, 0.25) is 5.91 Å². The number of thiocarbonyl (C=S) groups is 1. The van der Waals surface area contributed by atoms with E-state index < -0.39 is 0 Å². The van der Waals surface area contributed by atoms with Gasteiger partial charge in [0.15, 0.2) is 4.32 Å². The summed E-state index contributed by atoms with van der Waals surface area (Å²) in [5.41, 5.74) is 4.84. The molecule has 0 spiro atoms. The standard InChI is InChI=1S/C25H29N3O2S2/c29-22-21(12-16-3-5-20(6-4-16)27-7-1-2-8-27)32-24(31)28(22)26-23(30)25-13-17-9-18(14-25)11-19(10-17)15-25/h3-6,12,17-19H,1-2,7-11,13-15H2,(H,26,30)/b21-12+. The lowest BCUT2D eigenvalue weighted by Gasteiger charge is -2.55. The third kappa shape index (κ3) is 3.58. The Morgan fingerprint density at radius 2 is 1.62 bits per heavy atom. The maximum atomic E-state index is 13.4. The first-order valence-corrected chi connectivity index (χ1v) is 13.2. The first-order valence-electron chi connectivity index (χ1n) is 11.9. The lowest BCUT2D eigenvalue weighted by Crippen LogP contribution is -2.57. The van der Waals surface area contributed by atoms with E-state index in [0.29, 0.717) is 27.0 Å². The Morgan fingerprint density at radius 3 is 2.22 bits per heavy atom. The van der Waals surface area contributed by atoms with Gasteiger partial charge in [-0.15, -0.1) is 0 Å². The molecule has 32 heavy (non-hydrogen) atoms. The Labute approximate surface area is 198 Å². The Hall–Kier alpha value is -1.86. The van der Waals surface area contributed by atoms with E-state index in [1.54, 1.807) is 0 Å². The fourth-order valence-corrected chi connectivity index (χ4v) is 8.26. The van der Waals surface area contributed by atoms with E-state index in [1.165, 1.54) is 54.6 Å². The molecule has 6 fully saturated rings. The van der Waals surface area contributed by atoms with E-state index in [4.69, 9.17) is 12.2 Å². The lowest BCUT2D eigenvalue weighted by molar-refractivity contribution is -0.152. The summed E-state index contributed by atoms with van der Waals surface area (Å²) in [6.45, 7) is 2.23. The molecular weight excluding hydrogens is 438 g/mol. The van der Waals surface area contributed by atoms with Gasteiger partial charge in [0.1, 0.15) is 0 Å². The first-order chi connectivity index (χ1) is 15.5. The molecule has 0 aromatic heterocycles. The smallest absolute Gasteiger partial charge is 0.285 e. The number of rotatable bonds is 4. The molecular formula is C25H29N3O2S2. The molecule has 1 N–H and O–H groups in total. The molecule has 1 aromatic rings. The van der Waals surface area contributed by atoms with Crippen LogP contribution in [0.15, 0.2) is 29.2 Å². The third-order valence-electron chi connectivity index (χ3n) is 8.19. The topological polar surface area (TPSA) is 52.7 Å². The number of nitrogens with zero attached hydrogens (tertiary/aromatic N) is 2. The fourth-order valence-electron chi connectivity index (χ4n) is 7.08. The number of hydrogen-bond acceptors (Lipinski definition) is 5. The van der Waals surface area contributed by atoms with E-state index >= 15 is 0 Å². The number of amides is 2. The Bertz CT molecular complexity index is 962. The van der Waals surface area contributed by atoms with Crippen LogP contribution in [0.5, 0.6) is 0 Å². The molecule has 0 radical (unpaired) electrons. The van der Waals surface area contributed by atoms with Crippen molar-refractivity contribution in [2.45, 2.75) is 51.4 Å². The zero-order valence-electron chi connectivity index (χ0n) is 18.2. The van der Waals surface area contributed by atoms with Crippen LogP contribution < -0.4 is 10.3 Å². The number of hydrazine groups is 1. The van der Waals surface area contributed by atoms with Gasteiger partial charge in [-0.1, -0.05) is 23.9 Å². The number of thioether (sulfide) groups is 1. The summed E-state index contributed by atoms with van der Waals surface area (Å²) in [4.78, 5) is 29.4. The van der Waals surface area contributed by atoms with Crippen LogP contribution in [0, 0.1) is 23.2 Å². The van der Waals surface area contributed by atoms with Gasteiger partial charge in [-0.2, -0.15) is 5.01 Å².